The van der Waals surface area contributed by atoms with E-state index in [-0.39, 0.29) is 11.3 Å². The molecule has 1 aliphatic rings. The van der Waals surface area contributed by atoms with Gasteiger partial charge in [0.2, 0.25) is 0 Å². The first-order chi connectivity index (χ1) is 16.0. The van der Waals surface area contributed by atoms with Crippen LogP contribution in [0.2, 0.25) is 0 Å². The van der Waals surface area contributed by atoms with Gasteiger partial charge < -0.3 is 5.11 Å². The number of amides is 1. The van der Waals surface area contributed by atoms with Crippen LogP contribution in [0.1, 0.15) is 42.5 Å². The van der Waals surface area contributed by atoms with Crippen molar-refractivity contribution in [2.45, 2.75) is 25.8 Å². The molecule has 1 N–H and O–H groups in total. The number of rotatable bonds is 4. The van der Waals surface area contributed by atoms with E-state index >= 15 is 0 Å². The molecule has 1 unspecified atom stereocenters. The third kappa shape index (κ3) is 3.62. The summed E-state index contributed by atoms with van der Waals surface area (Å²) in [5, 5.41) is 11.6. The Morgan fingerprint density at radius 1 is 0.939 bits per heavy atom. The monoisotopic (exact) mass is 454 g/mol. The van der Waals surface area contributed by atoms with Gasteiger partial charge in [0.15, 0.2) is 5.13 Å². The zero-order chi connectivity index (χ0) is 23.1. The molecule has 0 aliphatic carbocycles. The van der Waals surface area contributed by atoms with Crippen molar-refractivity contribution in [3.63, 3.8) is 0 Å². The highest BCUT2D eigenvalue weighted by molar-refractivity contribution is 7.22. The van der Waals surface area contributed by atoms with Gasteiger partial charge >= 0.3 is 5.91 Å². The Kier molecular flexibility index (Phi) is 5.30. The highest BCUT2D eigenvalue weighted by atomic mass is 32.1. The summed E-state index contributed by atoms with van der Waals surface area (Å²) in [6.45, 7) is 4.22. The molecule has 2 heterocycles. The summed E-state index contributed by atoms with van der Waals surface area (Å²) < 4.78 is 0.923. The molecule has 4 aromatic rings. The van der Waals surface area contributed by atoms with Crippen molar-refractivity contribution in [2.75, 3.05) is 4.90 Å². The Balaban J connectivity index is 1.72. The molecule has 1 fully saturated rings. The van der Waals surface area contributed by atoms with Gasteiger partial charge in [-0.05, 0) is 29.2 Å². The van der Waals surface area contributed by atoms with E-state index in [1.807, 2.05) is 54.6 Å². The number of thiazole rings is 1. The lowest BCUT2D eigenvalue weighted by Crippen LogP contribution is -2.29. The number of carbonyl (C=O) groups is 2. The maximum absolute atomic E-state index is 13.3. The average molecular weight is 455 g/mol. The molecule has 5 rings (SSSR count). The van der Waals surface area contributed by atoms with Crippen LogP contribution in [0.4, 0.5) is 5.13 Å². The number of carbonyl (C=O) groups excluding carboxylic acids is 2. The quantitative estimate of drug-likeness (QED) is 0.232. The number of aromatic nitrogens is 1. The number of fused-ring (bicyclic) bond motifs is 1. The first-order valence-corrected chi connectivity index (χ1v) is 11.6. The third-order valence-electron chi connectivity index (χ3n) is 5.90. The molecule has 1 amide bonds. The standard InChI is InChI=1S/C27H22N2O3S/c1-16(2)17-12-14-18(15-13-17)23-22(24(30)19-8-4-3-5-9-19)25(31)26(32)29(23)27-28-20-10-6-7-11-21(20)33-27/h3-16,23,30H,1-2H3/b24-22+. The van der Waals surface area contributed by atoms with Crippen LogP contribution in [0.3, 0.4) is 0 Å². The first-order valence-electron chi connectivity index (χ1n) is 10.8. The van der Waals surface area contributed by atoms with E-state index in [4.69, 9.17) is 0 Å². The number of aliphatic hydroxyl groups is 1. The van der Waals surface area contributed by atoms with Gasteiger partial charge in [-0.15, -0.1) is 0 Å². The number of Topliss-reactive ketones (excluding diaryl/α,β-unsaturated/α-hetero) is 1. The lowest BCUT2D eigenvalue weighted by Gasteiger charge is -2.23. The molecule has 164 valence electrons. The molecule has 33 heavy (non-hydrogen) atoms. The molecule has 0 radical (unpaired) electrons. The Hall–Kier alpha value is -3.77. The summed E-state index contributed by atoms with van der Waals surface area (Å²) in [7, 11) is 0. The van der Waals surface area contributed by atoms with Crippen LogP contribution in [0, 0.1) is 0 Å². The Bertz CT molecular complexity index is 1350. The number of benzene rings is 3. The van der Waals surface area contributed by atoms with Crippen LogP contribution in [0.25, 0.3) is 16.0 Å². The molecule has 0 bridgehead atoms. The van der Waals surface area contributed by atoms with E-state index in [1.165, 1.54) is 16.2 Å². The van der Waals surface area contributed by atoms with Gasteiger partial charge in [-0.1, -0.05) is 91.9 Å². The SMILES string of the molecule is CC(C)c1ccc(C2/C(=C(\O)c3ccccc3)C(=O)C(=O)N2c2nc3ccccc3s2)cc1. The van der Waals surface area contributed by atoms with Crippen molar-refractivity contribution in [2.24, 2.45) is 0 Å². The van der Waals surface area contributed by atoms with Gasteiger partial charge in [0.1, 0.15) is 5.76 Å². The topological polar surface area (TPSA) is 70.5 Å². The van der Waals surface area contributed by atoms with Crippen molar-refractivity contribution >= 4 is 44.1 Å². The van der Waals surface area contributed by atoms with E-state index in [9.17, 15) is 14.7 Å². The molecule has 6 heteroatoms. The van der Waals surface area contributed by atoms with Gasteiger partial charge in [-0.2, -0.15) is 0 Å². The van der Waals surface area contributed by atoms with Gasteiger partial charge in [0, 0.05) is 5.56 Å². The maximum atomic E-state index is 13.3. The van der Waals surface area contributed by atoms with Gasteiger partial charge in [0.25, 0.3) is 5.78 Å². The second-order valence-corrected chi connectivity index (χ2v) is 9.33. The zero-order valence-corrected chi connectivity index (χ0v) is 19.0. The fourth-order valence-electron chi connectivity index (χ4n) is 4.12. The molecule has 1 atom stereocenters. The van der Waals surface area contributed by atoms with Crippen LogP contribution in [0.15, 0.2) is 84.4 Å². The Morgan fingerprint density at radius 2 is 1.61 bits per heavy atom. The minimum atomic E-state index is -0.771. The van der Waals surface area contributed by atoms with E-state index in [0.29, 0.717) is 16.6 Å². The molecular formula is C27H22N2O3S. The number of anilines is 1. The fraction of sp³-hybridized carbons (Fsp3) is 0.148. The van der Waals surface area contributed by atoms with Crippen molar-refractivity contribution in [1.82, 2.24) is 4.98 Å². The number of hydrogen-bond donors (Lipinski definition) is 1. The minimum absolute atomic E-state index is 0.0720. The smallest absolute Gasteiger partial charge is 0.301 e. The zero-order valence-electron chi connectivity index (χ0n) is 18.2. The minimum Gasteiger partial charge on any atom is -0.507 e. The molecular weight excluding hydrogens is 432 g/mol. The number of aliphatic hydroxyl groups excluding tert-OH is 1. The highest BCUT2D eigenvalue weighted by Crippen LogP contribution is 2.44. The Labute approximate surface area is 195 Å². The lowest BCUT2D eigenvalue weighted by molar-refractivity contribution is -0.132. The Morgan fingerprint density at radius 3 is 2.27 bits per heavy atom. The summed E-state index contributed by atoms with van der Waals surface area (Å²) in [4.78, 5) is 32.6. The van der Waals surface area contributed by atoms with Crippen LogP contribution >= 0.6 is 11.3 Å². The first kappa shape index (κ1) is 21.1. The largest absolute Gasteiger partial charge is 0.507 e. The number of nitrogens with zero attached hydrogens (tertiary/aromatic N) is 2. The number of ketones is 1. The van der Waals surface area contributed by atoms with Crippen LogP contribution < -0.4 is 4.90 Å². The normalized spacial score (nSPS) is 17.9. The number of para-hydroxylation sites is 1. The summed E-state index contributed by atoms with van der Waals surface area (Å²) in [6.07, 6.45) is 0. The molecule has 1 aliphatic heterocycles. The second-order valence-electron chi connectivity index (χ2n) is 8.32. The van der Waals surface area contributed by atoms with Gasteiger partial charge in [0.05, 0.1) is 21.8 Å². The van der Waals surface area contributed by atoms with E-state index in [2.05, 4.69) is 18.8 Å². The van der Waals surface area contributed by atoms with Crippen LogP contribution in [-0.4, -0.2) is 21.8 Å². The van der Waals surface area contributed by atoms with Crippen LogP contribution in [-0.2, 0) is 9.59 Å². The molecule has 0 saturated carbocycles. The molecule has 5 nitrogen and oxygen atoms in total. The second kappa shape index (κ2) is 8.30. The van der Waals surface area contributed by atoms with Crippen molar-refractivity contribution in [3.8, 4) is 0 Å². The van der Waals surface area contributed by atoms with E-state index < -0.39 is 17.7 Å². The predicted octanol–water partition coefficient (Wildman–Crippen LogP) is 6.05. The average Bonchev–Trinajstić information content (AvgIpc) is 3.38. The van der Waals surface area contributed by atoms with Crippen molar-refractivity contribution in [3.05, 3.63) is 101 Å². The van der Waals surface area contributed by atoms with E-state index in [1.54, 1.807) is 24.3 Å². The maximum Gasteiger partial charge on any atom is 0.301 e. The van der Waals surface area contributed by atoms with Crippen molar-refractivity contribution in [1.29, 1.82) is 0 Å². The molecule has 0 spiro atoms. The molecule has 1 aromatic heterocycles. The molecule has 3 aromatic carbocycles. The predicted molar refractivity (Wildman–Crippen MR) is 131 cm³/mol. The summed E-state index contributed by atoms with van der Waals surface area (Å²) in [6, 6.07) is 23.5. The molecule has 1 saturated heterocycles. The van der Waals surface area contributed by atoms with Gasteiger partial charge in [-0.3, -0.25) is 14.5 Å². The fourth-order valence-corrected chi connectivity index (χ4v) is 5.12. The summed E-state index contributed by atoms with van der Waals surface area (Å²) in [5.74, 6) is -1.24. The third-order valence-corrected chi connectivity index (χ3v) is 6.93. The summed E-state index contributed by atoms with van der Waals surface area (Å²) in [5.41, 5.74) is 3.22. The highest BCUT2D eigenvalue weighted by Gasteiger charge is 2.48. The summed E-state index contributed by atoms with van der Waals surface area (Å²) >= 11 is 1.35. The van der Waals surface area contributed by atoms with Crippen molar-refractivity contribution < 1.29 is 14.7 Å². The van der Waals surface area contributed by atoms with Gasteiger partial charge in [-0.25, -0.2) is 4.98 Å². The van der Waals surface area contributed by atoms with Crippen LogP contribution in [0.5, 0.6) is 0 Å². The van der Waals surface area contributed by atoms with E-state index in [0.717, 1.165) is 21.3 Å². The lowest BCUT2D eigenvalue weighted by atomic mass is 9.93. The number of hydrogen-bond acceptors (Lipinski definition) is 5.